The van der Waals surface area contributed by atoms with Crippen LogP contribution >= 0.6 is 0 Å². The maximum atomic E-state index is 14.6. The maximum absolute atomic E-state index is 14.6. The van der Waals surface area contributed by atoms with Crippen LogP contribution in [0.1, 0.15) is 27.7 Å². The summed E-state index contributed by atoms with van der Waals surface area (Å²) in [5.41, 5.74) is 2.15. The van der Waals surface area contributed by atoms with Crippen LogP contribution in [0.15, 0.2) is 48.5 Å². The van der Waals surface area contributed by atoms with Gasteiger partial charge in [0.15, 0.2) is 0 Å². The summed E-state index contributed by atoms with van der Waals surface area (Å²) in [7, 11) is 1.55. The van der Waals surface area contributed by atoms with Gasteiger partial charge in [-0.2, -0.15) is 5.10 Å². The van der Waals surface area contributed by atoms with Gasteiger partial charge in [0.1, 0.15) is 23.0 Å². The second-order valence-corrected chi connectivity index (χ2v) is 6.29. The number of carbonyl (C=O) groups is 1. The molecule has 2 heterocycles. The first-order valence-electron chi connectivity index (χ1n) is 8.54. The van der Waals surface area contributed by atoms with Crippen LogP contribution in [0.2, 0.25) is 0 Å². The number of aromatic nitrogens is 2. The van der Waals surface area contributed by atoms with Gasteiger partial charge < -0.3 is 14.7 Å². The summed E-state index contributed by atoms with van der Waals surface area (Å²) >= 11 is 0. The highest BCUT2D eigenvalue weighted by Crippen LogP contribution is 2.44. The predicted molar refractivity (Wildman–Crippen MR) is 96.8 cm³/mol. The summed E-state index contributed by atoms with van der Waals surface area (Å²) in [6.07, 6.45) is 0. The number of rotatable bonds is 5. The summed E-state index contributed by atoms with van der Waals surface area (Å²) < 4.78 is 19.8. The van der Waals surface area contributed by atoms with Gasteiger partial charge in [0.05, 0.1) is 12.6 Å². The maximum Gasteiger partial charge on any atom is 0.273 e. The molecule has 27 heavy (non-hydrogen) atoms. The molecule has 3 aromatic rings. The van der Waals surface area contributed by atoms with Crippen molar-refractivity contribution in [3.05, 3.63) is 71.2 Å². The zero-order valence-electron chi connectivity index (χ0n) is 14.6. The molecule has 0 radical (unpaired) electrons. The van der Waals surface area contributed by atoms with E-state index in [2.05, 4.69) is 10.2 Å². The van der Waals surface area contributed by atoms with Gasteiger partial charge in [-0.15, -0.1) is 0 Å². The monoisotopic (exact) mass is 367 g/mol. The number of nitrogens with one attached hydrogen (secondary N) is 1. The number of halogens is 1. The van der Waals surface area contributed by atoms with E-state index >= 15 is 0 Å². The second-order valence-electron chi connectivity index (χ2n) is 6.29. The summed E-state index contributed by atoms with van der Waals surface area (Å²) in [6.45, 7) is 0.622. The fraction of sp³-hybridized carbons (Fsp3) is 0.200. The van der Waals surface area contributed by atoms with Crippen molar-refractivity contribution in [2.24, 2.45) is 0 Å². The molecule has 6 nitrogen and oxygen atoms in total. The van der Waals surface area contributed by atoms with Crippen molar-refractivity contribution < 1.29 is 19.0 Å². The minimum absolute atomic E-state index is 0.0434. The van der Waals surface area contributed by atoms with Gasteiger partial charge in [0.25, 0.3) is 5.91 Å². The Bertz CT molecular complexity index is 1000. The number of amides is 1. The number of nitrogens with zero attached hydrogens (tertiary/aromatic N) is 2. The van der Waals surface area contributed by atoms with E-state index in [-0.39, 0.29) is 11.7 Å². The largest absolute Gasteiger partial charge is 0.507 e. The minimum atomic E-state index is -0.655. The minimum Gasteiger partial charge on any atom is -0.507 e. The number of phenolic OH excluding ortho intramolecular Hbond substituents is 1. The Morgan fingerprint density at radius 2 is 1.96 bits per heavy atom. The molecule has 1 aliphatic rings. The number of benzene rings is 2. The van der Waals surface area contributed by atoms with Crippen molar-refractivity contribution in [3.8, 4) is 17.0 Å². The Balaban J connectivity index is 1.91. The van der Waals surface area contributed by atoms with Crippen molar-refractivity contribution >= 4 is 5.91 Å². The van der Waals surface area contributed by atoms with E-state index in [1.54, 1.807) is 54.5 Å². The molecule has 7 heteroatoms. The van der Waals surface area contributed by atoms with E-state index in [9.17, 15) is 14.3 Å². The van der Waals surface area contributed by atoms with Gasteiger partial charge in [-0.25, -0.2) is 4.39 Å². The first-order valence-corrected chi connectivity index (χ1v) is 8.54. The molecule has 1 aromatic heterocycles. The van der Waals surface area contributed by atoms with Crippen LogP contribution in [-0.4, -0.2) is 46.4 Å². The first kappa shape index (κ1) is 17.2. The average molecular weight is 367 g/mol. The first-order chi connectivity index (χ1) is 13.1. The van der Waals surface area contributed by atoms with Gasteiger partial charge in [-0.05, 0) is 18.2 Å². The summed E-state index contributed by atoms with van der Waals surface area (Å²) in [5, 5.41) is 17.3. The molecule has 1 amide bonds. The molecular formula is C20H18FN3O3. The number of aromatic amines is 1. The highest BCUT2D eigenvalue weighted by molar-refractivity contribution is 6.00. The third kappa shape index (κ3) is 2.76. The Morgan fingerprint density at radius 1 is 1.22 bits per heavy atom. The van der Waals surface area contributed by atoms with E-state index in [0.717, 1.165) is 0 Å². The highest BCUT2D eigenvalue weighted by atomic mass is 19.1. The Labute approximate surface area is 155 Å². The molecule has 0 fully saturated rings. The van der Waals surface area contributed by atoms with Gasteiger partial charge in [0, 0.05) is 30.3 Å². The van der Waals surface area contributed by atoms with E-state index in [0.29, 0.717) is 41.2 Å². The van der Waals surface area contributed by atoms with Crippen molar-refractivity contribution in [2.75, 3.05) is 20.3 Å². The number of hydrogen-bond acceptors (Lipinski definition) is 4. The lowest BCUT2D eigenvalue weighted by Crippen LogP contribution is -2.33. The smallest absolute Gasteiger partial charge is 0.273 e. The predicted octanol–water partition coefficient (Wildman–Crippen LogP) is 3.11. The summed E-state index contributed by atoms with van der Waals surface area (Å²) in [6, 6.07) is 12.4. The number of para-hydroxylation sites is 1. The normalized spacial score (nSPS) is 16.0. The number of ether oxygens (including phenoxy) is 1. The number of carbonyl (C=O) groups excluding carboxylic acids is 1. The van der Waals surface area contributed by atoms with Crippen LogP contribution in [0.4, 0.5) is 4.39 Å². The fourth-order valence-electron chi connectivity index (χ4n) is 3.52. The van der Waals surface area contributed by atoms with Gasteiger partial charge in [-0.3, -0.25) is 9.89 Å². The average Bonchev–Trinajstić information content (AvgIpc) is 3.20. The molecule has 1 aliphatic heterocycles. The second kappa shape index (κ2) is 6.85. The lowest BCUT2D eigenvalue weighted by atomic mass is 9.95. The fourth-order valence-corrected chi connectivity index (χ4v) is 3.52. The van der Waals surface area contributed by atoms with E-state index in [1.165, 1.54) is 6.07 Å². The van der Waals surface area contributed by atoms with Crippen LogP contribution < -0.4 is 0 Å². The SMILES string of the molecule is COCCN1C(=O)c2[nH]nc(-c3ccccc3O)c2[C@@H]1c1ccccc1F. The number of hydrogen-bond donors (Lipinski definition) is 2. The molecule has 138 valence electrons. The number of methoxy groups -OCH3 is 1. The van der Waals surface area contributed by atoms with Crippen molar-refractivity contribution in [1.29, 1.82) is 0 Å². The topological polar surface area (TPSA) is 78.5 Å². The number of fused-ring (bicyclic) bond motifs is 1. The number of phenols is 1. The van der Waals surface area contributed by atoms with Gasteiger partial charge in [-0.1, -0.05) is 30.3 Å². The highest BCUT2D eigenvalue weighted by Gasteiger charge is 2.43. The zero-order chi connectivity index (χ0) is 19.0. The molecule has 0 saturated heterocycles. The molecule has 0 bridgehead atoms. The molecule has 2 aromatic carbocycles. The van der Waals surface area contributed by atoms with E-state index in [4.69, 9.17) is 4.74 Å². The molecule has 0 aliphatic carbocycles. The molecule has 0 unspecified atom stereocenters. The molecule has 1 atom stereocenters. The standard InChI is InChI=1S/C20H18FN3O3/c1-27-11-10-24-19(12-6-2-4-8-14(12)21)16-17(22-23-18(16)20(24)26)13-7-3-5-9-15(13)25/h2-9,19,25H,10-11H2,1H3,(H,22,23)/t19-/m0/s1. The Morgan fingerprint density at radius 3 is 2.70 bits per heavy atom. The van der Waals surface area contributed by atoms with Crippen molar-refractivity contribution in [1.82, 2.24) is 15.1 Å². The van der Waals surface area contributed by atoms with Crippen LogP contribution in [0.3, 0.4) is 0 Å². The summed E-state index contributed by atoms with van der Waals surface area (Å²) in [4.78, 5) is 14.5. The molecule has 0 saturated carbocycles. The third-order valence-corrected chi connectivity index (χ3v) is 4.76. The zero-order valence-corrected chi connectivity index (χ0v) is 14.6. The quantitative estimate of drug-likeness (QED) is 0.726. The van der Waals surface area contributed by atoms with Crippen molar-refractivity contribution in [3.63, 3.8) is 0 Å². The molecule has 4 rings (SSSR count). The Hall–Kier alpha value is -3.19. The lowest BCUT2D eigenvalue weighted by Gasteiger charge is -2.26. The van der Waals surface area contributed by atoms with E-state index in [1.807, 2.05) is 0 Å². The number of H-pyrrole nitrogens is 1. The van der Waals surface area contributed by atoms with Crippen molar-refractivity contribution in [2.45, 2.75) is 6.04 Å². The Kier molecular flexibility index (Phi) is 4.37. The molecular weight excluding hydrogens is 349 g/mol. The van der Waals surface area contributed by atoms with Crippen LogP contribution in [0.5, 0.6) is 5.75 Å². The molecule has 0 spiro atoms. The number of aromatic hydroxyl groups is 1. The summed E-state index contributed by atoms with van der Waals surface area (Å²) in [5.74, 6) is -0.638. The van der Waals surface area contributed by atoms with Crippen LogP contribution in [0.25, 0.3) is 11.3 Å². The van der Waals surface area contributed by atoms with Crippen LogP contribution in [0, 0.1) is 5.82 Å². The van der Waals surface area contributed by atoms with E-state index < -0.39 is 11.9 Å². The van der Waals surface area contributed by atoms with Crippen LogP contribution in [-0.2, 0) is 4.74 Å². The molecule has 2 N–H and O–H groups in total. The van der Waals surface area contributed by atoms with Gasteiger partial charge in [0.2, 0.25) is 0 Å². The lowest BCUT2D eigenvalue weighted by molar-refractivity contribution is 0.0675. The van der Waals surface area contributed by atoms with Gasteiger partial charge >= 0.3 is 0 Å². The third-order valence-electron chi connectivity index (χ3n) is 4.76.